The zero-order valence-electron chi connectivity index (χ0n) is 17.8. The van der Waals surface area contributed by atoms with Crippen molar-refractivity contribution in [2.75, 3.05) is 20.2 Å². The van der Waals surface area contributed by atoms with E-state index in [1.54, 1.807) is 24.1 Å². The Morgan fingerprint density at radius 2 is 1.93 bits per heavy atom. The molecule has 4 fully saturated rings. The summed E-state index contributed by atoms with van der Waals surface area (Å²) < 4.78 is 11.4. The van der Waals surface area contributed by atoms with Gasteiger partial charge in [-0.25, -0.2) is 0 Å². The molecule has 164 valence electrons. The van der Waals surface area contributed by atoms with Crippen LogP contribution < -0.4 is 4.74 Å². The molecule has 2 heterocycles. The quantitative estimate of drug-likeness (QED) is 0.683. The number of likely N-dealkylation sites (tertiary alicyclic amines) is 1. The Morgan fingerprint density at radius 1 is 1.23 bits per heavy atom. The Morgan fingerprint density at radius 3 is 2.57 bits per heavy atom. The molecule has 0 radical (unpaired) electrons. The van der Waals surface area contributed by atoms with Gasteiger partial charge in [0.15, 0.2) is 0 Å². The Hall–Kier alpha value is -1.83. The first-order chi connectivity index (χ1) is 14.2. The van der Waals surface area contributed by atoms with Crippen LogP contribution in [0.3, 0.4) is 0 Å². The van der Waals surface area contributed by atoms with Gasteiger partial charge in [-0.05, 0) is 55.1 Å². The first-order valence-electron chi connectivity index (χ1n) is 10.9. The highest BCUT2D eigenvalue weighted by Gasteiger charge is 2.70. The Labute approximate surface area is 176 Å². The maximum absolute atomic E-state index is 13.1. The van der Waals surface area contributed by atoms with Crippen LogP contribution in [0, 0.1) is 17.3 Å². The van der Waals surface area contributed by atoms with Crippen LogP contribution in [-0.4, -0.2) is 64.1 Å². The second kappa shape index (κ2) is 6.58. The van der Waals surface area contributed by atoms with Crippen molar-refractivity contribution >= 4 is 5.91 Å². The van der Waals surface area contributed by atoms with Crippen LogP contribution in [0.15, 0.2) is 12.1 Å². The smallest absolute Gasteiger partial charge is 0.257 e. The van der Waals surface area contributed by atoms with Gasteiger partial charge in [-0.15, -0.1) is 0 Å². The first kappa shape index (κ1) is 20.1. The maximum Gasteiger partial charge on any atom is 0.257 e. The SMILES string of the molecule is COC1CCN(C(=O)c2ccc3c(c2O)[C@H](O)[C@@]2(O)[C@@H]4C[C@H](C[C@H]2O3)C4(C)C)CC1. The highest BCUT2D eigenvalue weighted by molar-refractivity contribution is 5.97. The van der Waals surface area contributed by atoms with Crippen molar-refractivity contribution in [1.29, 1.82) is 0 Å². The maximum atomic E-state index is 13.1. The third-order valence-corrected chi connectivity index (χ3v) is 8.49. The lowest BCUT2D eigenvalue weighted by molar-refractivity contribution is -0.289. The monoisotopic (exact) mass is 417 g/mol. The number of phenols is 1. The van der Waals surface area contributed by atoms with E-state index in [4.69, 9.17) is 9.47 Å². The number of fused-ring (bicyclic) bond motifs is 1. The molecule has 1 aromatic carbocycles. The summed E-state index contributed by atoms with van der Waals surface area (Å²) in [4.78, 5) is 14.8. The van der Waals surface area contributed by atoms with Gasteiger partial charge in [-0.3, -0.25) is 4.79 Å². The molecule has 1 saturated heterocycles. The number of aliphatic hydroxyl groups excluding tert-OH is 1. The minimum absolute atomic E-state index is 0.0954. The molecule has 5 atom stereocenters. The molecule has 0 spiro atoms. The summed E-state index contributed by atoms with van der Waals surface area (Å²) in [6.07, 6.45) is 1.34. The molecule has 6 rings (SSSR count). The molecule has 5 aliphatic rings. The van der Waals surface area contributed by atoms with Crippen molar-refractivity contribution in [1.82, 2.24) is 4.90 Å². The highest BCUT2D eigenvalue weighted by Crippen LogP contribution is 2.67. The first-order valence-corrected chi connectivity index (χ1v) is 10.9. The van der Waals surface area contributed by atoms with Crippen LogP contribution in [0.4, 0.5) is 0 Å². The number of aliphatic hydroxyl groups is 2. The summed E-state index contributed by atoms with van der Waals surface area (Å²) in [6, 6.07) is 3.20. The molecule has 30 heavy (non-hydrogen) atoms. The Kier molecular flexibility index (Phi) is 4.41. The molecule has 1 aromatic rings. The average Bonchev–Trinajstić information content (AvgIpc) is 2.73. The number of carbonyl (C=O) groups is 1. The van der Waals surface area contributed by atoms with Gasteiger partial charge in [0, 0.05) is 20.2 Å². The Balaban J connectivity index is 1.47. The van der Waals surface area contributed by atoms with Gasteiger partial charge >= 0.3 is 0 Å². The summed E-state index contributed by atoms with van der Waals surface area (Å²) in [6.45, 7) is 5.34. The van der Waals surface area contributed by atoms with Crippen molar-refractivity contribution in [3.63, 3.8) is 0 Å². The normalized spacial score (nSPS) is 36.9. The van der Waals surface area contributed by atoms with E-state index in [0.717, 1.165) is 19.3 Å². The number of methoxy groups -OCH3 is 1. The zero-order chi connectivity index (χ0) is 21.4. The van der Waals surface area contributed by atoms with Gasteiger partial charge in [-0.1, -0.05) is 13.8 Å². The summed E-state index contributed by atoms with van der Waals surface area (Å²) in [5, 5.41) is 33.9. The number of piperidine rings is 1. The lowest BCUT2D eigenvalue weighted by Crippen LogP contribution is -2.72. The number of carbonyl (C=O) groups excluding carboxylic acids is 1. The van der Waals surface area contributed by atoms with Gasteiger partial charge in [0.05, 0.1) is 17.2 Å². The Bertz CT molecular complexity index is 877. The number of hydrogen-bond acceptors (Lipinski definition) is 6. The van der Waals surface area contributed by atoms with Crippen LogP contribution in [-0.2, 0) is 4.74 Å². The molecule has 3 aliphatic carbocycles. The van der Waals surface area contributed by atoms with Crippen molar-refractivity contribution in [3.8, 4) is 11.5 Å². The van der Waals surface area contributed by atoms with Gasteiger partial charge in [0.1, 0.15) is 29.3 Å². The minimum Gasteiger partial charge on any atom is -0.507 e. The van der Waals surface area contributed by atoms with Gasteiger partial charge < -0.3 is 29.7 Å². The van der Waals surface area contributed by atoms with Gasteiger partial charge in [0.2, 0.25) is 0 Å². The zero-order valence-corrected chi connectivity index (χ0v) is 17.8. The highest BCUT2D eigenvalue weighted by atomic mass is 16.5. The summed E-state index contributed by atoms with van der Waals surface area (Å²) >= 11 is 0. The van der Waals surface area contributed by atoms with Gasteiger partial charge in [-0.2, -0.15) is 0 Å². The molecular formula is C23H31NO6. The second-order valence-corrected chi connectivity index (χ2v) is 10.0. The van der Waals surface area contributed by atoms with Crippen molar-refractivity contribution in [2.45, 2.75) is 63.4 Å². The molecule has 2 aliphatic heterocycles. The molecule has 2 bridgehead atoms. The van der Waals surface area contributed by atoms with Crippen LogP contribution in [0.2, 0.25) is 0 Å². The largest absolute Gasteiger partial charge is 0.507 e. The molecule has 7 heteroatoms. The van der Waals surface area contributed by atoms with E-state index in [-0.39, 0.29) is 40.2 Å². The second-order valence-electron chi connectivity index (χ2n) is 10.0. The summed E-state index contributed by atoms with van der Waals surface area (Å²) in [5.41, 5.74) is -1.30. The van der Waals surface area contributed by atoms with E-state index >= 15 is 0 Å². The number of rotatable bonds is 2. The van der Waals surface area contributed by atoms with Crippen LogP contribution in [0.25, 0.3) is 0 Å². The van der Waals surface area contributed by atoms with Gasteiger partial charge in [0.25, 0.3) is 5.91 Å². The van der Waals surface area contributed by atoms with E-state index in [0.29, 0.717) is 31.2 Å². The predicted molar refractivity (Wildman–Crippen MR) is 108 cm³/mol. The average molecular weight is 418 g/mol. The fourth-order valence-electron chi connectivity index (χ4n) is 6.36. The summed E-state index contributed by atoms with van der Waals surface area (Å²) in [7, 11) is 1.67. The molecule has 1 amide bonds. The number of aromatic hydroxyl groups is 1. The lowest BCUT2D eigenvalue weighted by atomic mass is 9.42. The van der Waals surface area contributed by atoms with E-state index in [9.17, 15) is 20.1 Å². The van der Waals surface area contributed by atoms with E-state index in [2.05, 4.69) is 13.8 Å². The number of benzene rings is 1. The number of nitrogens with zero attached hydrogens (tertiary/aromatic N) is 1. The standard InChI is InChI=1S/C23H31NO6/c1-22(2)12-10-16(22)23(28)17(11-12)30-15-5-4-14(19(25)18(15)20(23)26)21(27)24-8-6-13(29-3)7-9-24/h4-5,12-13,16-17,20,25-26,28H,6-11H2,1-3H3/t12-,16-,17-,20+,23-/m1/s1. The third-order valence-electron chi connectivity index (χ3n) is 8.49. The molecule has 0 aromatic heterocycles. The number of hydrogen-bond donors (Lipinski definition) is 3. The fourth-order valence-corrected chi connectivity index (χ4v) is 6.36. The molecule has 3 N–H and O–H groups in total. The third kappa shape index (κ3) is 2.52. The summed E-state index contributed by atoms with van der Waals surface area (Å²) in [5.74, 6) is 0.113. The lowest BCUT2D eigenvalue weighted by Gasteiger charge is -2.67. The fraction of sp³-hybridized carbons (Fsp3) is 0.696. The van der Waals surface area contributed by atoms with Crippen molar-refractivity contribution in [3.05, 3.63) is 23.3 Å². The van der Waals surface area contributed by atoms with E-state index in [1.807, 2.05) is 0 Å². The topological polar surface area (TPSA) is 99.5 Å². The van der Waals surface area contributed by atoms with Crippen molar-refractivity contribution < 1.29 is 29.6 Å². The number of amides is 1. The molecule has 0 unspecified atom stereocenters. The minimum atomic E-state index is -1.47. The number of ether oxygens (including phenoxy) is 2. The predicted octanol–water partition coefficient (Wildman–Crippen LogP) is 2.23. The number of phenolic OH excluding ortho intramolecular Hbond substituents is 1. The van der Waals surface area contributed by atoms with Crippen LogP contribution in [0.1, 0.15) is 61.6 Å². The van der Waals surface area contributed by atoms with E-state index in [1.165, 1.54) is 0 Å². The van der Waals surface area contributed by atoms with Crippen molar-refractivity contribution in [2.24, 2.45) is 17.3 Å². The van der Waals surface area contributed by atoms with Crippen LogP contribution in [0.5, 0.6) is 11.5 Å². The molecular weight excluding hydrogens is 386 g/mol. The molecule has 3 saturated carbocycles. The molecule has 7 nitrogen and oxygen atoms in total. The van der Waals surface area contributed by atoms with E-state index < -0.39 is 17.8 Å². The van der Waals surface area contributed by atoms with Crippen LogP contribution >= 0.6 is 0 Å².